The van der Waals surface area contributed by atoms with Gasteiger partial charge in [-0.15, -0.1) is 0 Å². The summed E-state index contributed by atoms with van der Waals surface area (Å²) in [7, 11) is 1.16. The van der Waals surface area contributed by atoms with Gasteiger partial charge in [0.15, 0.2) is 6.29 Å². The number of fused-ring (bicyclic) bond motifs is 1. The summed E-state index contributed by atoms with van der Waals surface area (Å²) >= 11 is 0. The maximum atomic E-state index is 12.4. The number of Topliss-reactive ketones (excluding diaryl/α,β-unsaturated/α-hetero) is 1. The van der Waals surface area contributed by atoms with Crippen molar-refractivity contribution in [2.24, 2.45) is 17.8 Å². The van der Waals surface area contributed by atoms with Gasteiger partial charge in [0.1, 0.15) is 30.2 Å². The highest BCUT2D eigenvalue weighted by Gasteiger charge is 2.55. The molecule has 11 heteroatoms. The molecule has 0 bridgehead atoms. The molecule has 0 spiro atoms. The maximum absolute atomic E-state index is 12.4. The van der Waals surface area contributed by atoms with E-state index in [0.29, 0.717) is 0 Å². The predicted octanol–water partition coefficient (Wildman–Crippen LogP) is -2.97. The Bertz CT molecular complexity index is 633. The topological polar surface area (TPSA) is 172 Å². The number of rotatable bonds is 5. The molecule has 3 aliphatic rings. The molecule has 0 aromatic heterocycles. The number of aliphatic hydroxyl groups excluding tert-OH is 5. The van der Waals surface area contributed by atoms with Crippen molar-refractivity contribution in [1.82, 2.24) is 0 Å². The van der Waals surface area contributed by atoms with Crippen molar-refractivity contribution in [3.05, 3.63) is 11.8 Å². The first-order valence-corrected chi connectivity index (χ1v) is 8.87. The van der Waals surface area contributed by atoms with Crippen LogP contribution in [0.3, 0.4) is 0 Å². The molecule has 5 N–H and O–H groups in total. The zero-order valence-electron chi connectivity index (χ0n) is 15.1. The van der Waals surface area contributed by atoms with E-state index < -0.39 is 67.3 Å². The first-order valence-electron chi connectivity index (χ1n) is 8.87. The number of carbonyl (C=O) groups is 2. The van der Waals surface area contributed by atoms with Gasteiger partial charge in [-0.2, -0.15) is 0 Å². The Morgan fingerprint density at radius 2 is 1.86 bits per heavy atom. The van der Waals surface area contributed by atoms with Crippen molar-refractivity contribution >= 4 is 11.8 Å². The van der Waals surface area contributed by atoms with Gasteiger partial charge in [0, 0.05) is 18.9 Å². The molecule has 9 atom stereocenters. The molecule has 3 rings (SSSR count). The lowest BCUT2D eigenvalue weighted by Gasteiger charge is -2.42. The van der Waals surface area contributed by atoms with Crippen LogP contribution in [0.15, 0.2) is 11.8 Å². The third-order valence-electron chi connectivity index (χ3n) is 5.49. The lowest BCUT2D eigenvalue weighted by molar-refractivity contribution is -0.342. The number of methoxy groups -OCH3 is 1. The summed E-state index contributed by atoms with van der Waals surface area (Å²) in [6.07, 6.45) is -7.66. The van der Waals surface area contributed by atoms with E-state index in [1.165, 1.54) is 0 Å². The van der Waals surface area contributed by atoms with E-state index in [2.05, 4.69) is 4.74 Å². The van der Waals surface area contributed by atoms with Gasteiger partial charge in [-0.25, -0.2) is 4.79 Å². The van der Waals surface area contributed by atoms with Gasteiger partial charge >= 0.3 is 5.97 Å². The highest BCUT2D eigenvalue weighted by atomic mass is 16.8. The van der Waals surface area contributed by atoms with Crippen LogP contribution < -0.4 is 0 Å². The van der Waals surface area contributed by atoms with E-state index >= 15 is 0 Å². The Morgan fingerprint density at radius 1 is 1.14 bits per heavy atom. The van der Waals surface area contributed by atoms with Crippen LogP contribution in [0, 0.1) is 17.8 Å². The summed E-state index contributed by atoms with van der Waals surface area (Å²) in [6, 6.07) is 0. The predicted molar refractivity (Wildman–Crippen MR) is 87.0 cm³/mol. The lowest BCUT2D eigenvalue weighted by atomic mass is 9.82. The van der Waals surface area contributed by atoms with Crippen LogP contribution >= 0.6 is 0 Å². The van der Waals surface area contributed by atoms with Gasteiger partial charge in [-0.1, -0.05) is 0 Å². The molecule has 1 saturated carbocycles. The highest BCUT2D eigenvalue weighted by Crippen LogP contribution is 2.45. The second-order valence-electron chi connectivity index (χ2n) is 7.07. The second kappa shape index (κ2) is 8.41. The number of aliphatic hydroxyl groups is 5. The summed E-state index contributed by atoms with van der Waals surface area (Å²) in [5.74, 6) is -3.28. The SMILES string of the molecule is COC(=O)C1=COC(OC2OC(CO)C(O)C(O)C2O)C2C(CO)CC(=O)C12. The number of ether oxygens (including phenoxy) is 4. The normalized spacial score (nSPS) is 43.1. The molecule has 1 aliphatic carbocycles. The number of ketones is 1. The summed E-state index contributed by atoms with van der Waals surface area (Å²) in [5.41, 5.74) is 0.00195. The van der Waals surface area contributed by atoms with Crippen molar-refractivity contribution in [2.45, 2.75) is 43.4 Å². The molecule has 2 heterocycles. The first kappa shape index (κ1) is 21.1. The number of esters is 1. The second-order valence-corrected chi connectivity index (χ2v) is 7.07. The van der Waals surface area contributed by atoms with Crippen LogP contribution in [-0.4, -0.2) is 94.6 Å². The van der Waals surface area contributed by atoms with E-state index in [-0.39, 0.29) is 24.4 Å². The molecule has 28 heavy (non-hydrogen) atoms. The van der Waals surface area contributed by atoms with Gasteiger partial charge in [0.25, 0.3) is 0 Å². The van der Waals surface area contributed by atoms with Crippen molar-refractivity contribution in [3.63, 3.8) is 0 Å². The largest absolute Gasteiger partial charge is 0.472 e. The quantitative estimate of drug-likeness (QED) is 0.296. The zero-order chi connectivity index (χ0) is 20.6. The molecule has 2 aliphatic heterocycles. The lowest BCUT2D eigenvalue weighted by Crippen LogP contribution is -2.60. The fourth-order valence-corrected chi connectivity index (χ4v) is 3.99. The molecule has 11 nitrogen and oxygen atoms in total. The molecule has 0 aromatic rings. The summed E-state index contributed by atoms with van der Waals surface area (Å²) in [5, 5.41) is 48.8. The zero-order valence-corrected chi connectivity index (χ0v) is 15.1. The minimum absolute atomic E-state index is 0.00192. The average molecular weight is 404 g/mol. The van der Waals surface area contributed by atoms with Gasteiger partial charge in [-0.05, 0) is 5.92 Å². The Morgan fingerprint density at radius 3 is 2.46 bits per heavy atom. The molecule has 9 unspecified atom stereocenters. The molecule has 2 fully saturated rings. The molecule has 0 radical (unpaired) electrons. The summed E-state index contributed by atoms with van der Waals surface area (Å²) in [4.78, 5) is 24.4. The standard InChI is InChI=1S/C17H24O11/c1-25-15(24)7-5-26-16(10-6(3-18)2-8(20)11(7)10)28-17-14(23)13(22)12(21)9(4-19)27-17/h5-6,9-14,16-19,21-23H,2-4H2,1H3. The van der Waals surface area contributed by atoms with Crippen molar-refractivity contribution < 1.29 is 54.1 Å². The molecule has 0 aromatic carbocycles. The smallest absolute Gasteiger partial charge is 0.337 e. The van der Waals surface area contributed by atoms with Crippen LogP contribution in [0.25, 0.3) is 0 Å². The van der Waals surface area contributed by atoms with E-state index in [4.69, 9.17) is 14.2 Å². The Hall–Kier alpha value is -1.60. The Kier molecular flexibility index (Phi) is 6.34. The van der Waals surface area contributed by atoms with Gasteiger partial charge in [0.2, 0.25) is 6.29 Å². The Labute approximate surface area is 160 Å². The van der Waals surface area contributed by atoms with Crippen LogP contribution in [0.2, 0.25) is 0 Å². The van der Waals surface area contributed by atoms with E-state index in [1.54, 1.807) is 0 Å². The molecule has 1 saturated heterocycles. The van der Waals surface area contributed by atoms with Crippen LogP contribution in [0.1, 0.15) is 6.42 Å². The van der Waals surface area contributed by atoms with E-state index in [9.17, 15) is 35.1 Å². The first-order chi connectivity index (χ1) is 13.3. The fourth-order valence-electron chi connectivity index (χ4n) is 3.99. The van der Waals surface area contributed by atoms with Crippen molar-refractivity contribution in [3.8, 4) is 0 Å². The van der Waals surface area contributed by atoms with Gasteiger partial charge < -0.3 is 44.5 Å². The number of hydrogen-bond donors (Lipinski definition) is 5. The summed E-state index contributed by atoms with van der Waals surface area (Å²) < 4.78 is 21.0. The number of hydrogen-bond acceptors (Lipinski definition) is 11. The molecular weight excluding hydrogens is 380 g/mol. The van der Waals surface area contributed by atoms with E-state index in [1.807, 2.05) is 0 Å². The van der Waals surface area contributed by atoms with Crippen molar-refractivity contribution in [1.29, 1.82) is 0 Å². The minimum Gasteiger partial charge on any atom is -0.472 e. The minimum atomic E-state index is -1.66. The van der Waals surface area contributed by atoms with Crippen LogP contribution in [-0.2, 0) is 28.5 Å². The monoisotopic (exact) mass is 404 g/mol. The van der Waals surface area contributed by atoms with Gasteiger partial charge in [0.05, 0.1) is 31.5 Å². The molecular formula is C17H24O11. The van der Waals surface area contributed by atoms with Crippen LogP contribution in [0.5, 0.6) is 0 Å². The third-order valence-corrected chi connectivity index (χ3v) is 5.49. The Balaban J connectivity index is 1.84. The average Bonchev–Trinajstić information content (AvgIpc) is 3.05. The molecule has 158 valence electrons. The highest BCUT2D eigenvalue weighted by molar-refractivity contribution is 5.99. The maximum Gasteiger partial charge on any atom is 0.337 e. The third kappa shape index (κ3) is 3.54. The van der Waals surface area contributed by atoms with Gasteiger partial charge in [-0.3, -0.25) is 4.79 Å². The number of carbonyl (C=O) groups excluding carboxylic acids is 2. The van der Waals surface area contributed by atoms with Crippen molar-refractivity contribution in [2.75, 3.05) is 20.3 Å². The van der Waals surface area contributed by atoms with Crippen LogP contribution in [0.4, 0.5) is 0 Å². The van der Waals surface area contributed by atoms with E-state index in [0.717, 1.165) is 13.4 Å². The summed E-state index contributed by atoms with van der Waals surface area (Å²) in [6.45, 7) is -0.994. The molecule has 0 amide bonds. The fraction of sp³-hybridized carbons (Fsp3) is 0.765.